The van der Waals surface area contributed by atoms with Crippen molar-refractivity contribution in [1.29, 1.82) is 0 Å². The van der Waals surface area contributed by atoms with Gasteiger partial charge in [-0.2, -0.15) is 0 Å². The largest absolute Gasteiger partial charge is 0.330 e. The fourth-order valence-corrected chi connectivity index (χ4v) is 2.71. The second kappa shape index (κ2) is 5.86. The molecule has 18 heavy (non-hydrogen) atoms. The molecule has 2 heterocycles. The van der Waals surface area contributed by atoms with Gasteiger partial charge < -0.3 is 9.47 Å². The van der Waals surface area contributed by atoms with Crippen LogP contribution < -0.4 is 0 Å². The molecular weight excluding hydrogens is 270 g/mol. The van der Waals surface area contributed by atoms with Crippen molar-refractivity contribution in [2.45, 2.75) is 11.6 Å². The van der Waals surface area contributed by atoms with Gasteiger partial charge in [0.15, 0.2) is 16.0 Å². The lowest BCUT2D eigenvalue weighted by molar-refractivity contribution is 0.410. The molecule has 0 aliphatic heterocycles. The first-order chi connectivity index (χ1) is 8.58. The molecule has 2 aromatic rings. The van der Waals surface area contributed by atoms with E-state index in [4.69, 9.17) is 11.6 Å². The van der Waals surface area contributed by atoms with Crippen molar-refractivity contribution in [2.75, 3.05) is 26.4 Å². The summed E-state index contributed by atoms with van der Waals surface area (Å²) in [5.74, 6) is 0.979. The maximum Gasteiger partial charge on any atom is 0.191 e. The van der Waals surface area contributed by atoms with Gasteiger partial charge in [0.05, 0.1) is 6.33 Å². The minimum Gasteiger partial charge on any atom is -0.330 e. The number of aryl methyl sites for hydroxylation is 1. The summed E-state index contributed by atoms with van der Waals surface area (Å²) in [4.78, 5) is 15.1. The zero-order valence-corrected chi connectivity index (χ0v) is 12.3. The minimum atomic E-state index is 0.468. The predicted molar refractivity (Wildman–Crippen MR) is 75.2 cm³/mol. The highest BCUT2D eigenvalue weighted by molar-refractivity contribution is 7.99. The van der Waals surface area contributed by atoms with Gasteiger partial charge in [-0.25, -0.2) is 15.0 Å². The van der Waals surface area contributed by atoms with Crippen LogP contribution in [0.25, 0.3) is 11.2 Å². The number of hydrogen-bond acceptors (Lipinski definition) is 5. The minimum absolute atomic E-state index is 0.468. The van der Waals surface area contributed by atoms with Crippen LogP contribution in [0.3, 0.4) is 0 Å². The molecule has 5 nitrogen and oxygen atoms in total. The van der Waals surface area contributed by atoms with Crippen molar-refractivity contribution in [1.82, 2.24) is 24.4 Å². The molecule has 0 radical (unpaired) electrons. The van der Waals surface area contributed by atoms with E-state index in [0.717, 1.165) is 24.2 Å². The fourth-order valence-electron chi connectivity index (χ4n) is 1.60. The number of thioether (sulfide) groups is 1. The Labute approximate surface area is 116 Å². The van der Waals surface area contributed by atoms with Crippen LogP contribution in [0.4, 0.5) is 0 Å². The molecule has 98 valence electrons. The third-order valence-electron chi connectivity index (χ3n) is 2.49. The van der Waals surface area contributed by atoms with E-state index in [9.17, 15) is 0 Å². The summed E-state index contributed by atoms with van der Waals surface area (Å²) in [6.07, 6.45) is 2.80. The Morgan fingerprint density at radius 1 is 1.39 bits per heavy atom. The Bertz CT molecular complexity index is 539. The van der Waals surface area contributed by atoms with Crippen molar-refractivity contribution in [3.63, 3.8) is 0 Å². The van der Waals surface area contributed by atoms with E-state index in [1.54, 1.807) is 18.1 Å². The van der Waals surface area contributed by atoms with Crippen molar-refractivity contribution in [2.24, 2.45) is 7.05 Å². The number of imidazole rings is 1. The van der Waals surface area contributed by atoms with E-state index < -0.39 is 0 Å². The number of hydrogen-bond donors (Lipinski definition) is 0. The fraction of sp³-hybridized carbons (Fsp3) is 0.545. The lowest BCUT2D eigenvalue weighted by Crippen LogP contribution is -2.13. The zero-order valence-electron chi connectivity index (χ0n) is 10.7. The third-order valence-corrected chi connectivity index (χ3v) is 3.69. The molecule has 0 N–H and O–H groups in total. The van der Waals surface area contributed by atoms with E-state index in [-0.39, 0.29) is 0 Å². The third kappa shape index (κ3) is 3.13. The smallest absolute Gasteiger partial charge is 0.191 e. The molecule has 0 saturated heterocycles. The first-order valence-corrected chi connectivity index (χ1v) is 7.06. The molecule has 2 rings (SSSR count). The van der Waals surface area contributed by atoms with E-state index in [1.807, 2.05) is 11.6 Å². The molecule has 0 bridgehead atoms. The number of rotatable bonds is 5. The van der Waals surface area contributed by atoms with Gasteiger partial charge in [0, 0.05) is 12.8 Å². The molecular formula is C11H16ClN5S. The molecule has 0 spiro atoms. The van der Waals surface area contributed by atoms with E-state index in [2.05, 4.69) is 33.9 Å². The zero-order chi connectivity index (χ0) is 13.1. The van der Waals surface area contributed by atoms with E-state index in [0.29, 0.717) is 16.0 Å². The first kappa shape index (κ1) is 13.6. The van der Waals surface area contributed by atoms with E-state index in [1.165, 1.54) is 0 Å². The van der Waals surface area contributed by atoms with Gasteiger partial charge in [0.2, 0.25) is 0 Å². The summed E-state index contributed by atoms with van der Waals surface area (Å²) in [6, 6.07) is 0. The highest BCUT2D eigenvalue weighted by atomic mass is 35.5. The summed E-state index contributed by atoms with van der Waals surface area (Å²) >= 11 is 7.76. The van der Waals surface area contributed by atoms with Crippen LogP contribution in [0.1, 0.15) is 6.42 Å². The summed E-state index contributed by atoms with van der Waals surface area (Å²) in [5, 5.41) is 1.17. The normalized spacial score (nSPS) is 11.6. The Hall–Kier alpha value is -0.850. The first-order valence-electron chi connectivity index (χ1n) is 5.70. The second-order valence-electron chi connectivity index (χ2n) is 4.33. The van der Waals surface area contributed by atoms with Crippen LogP contribution in [0.5, 0.6) is 0 Å². The Morgan fingerprint density at radius 3 is 2.89 bits per heavy atom. The molecule has 2 aromatic heterocycles. The van der Waals surface area contributed by atoms with Crippen LogP contribution in [0.2, 0.25) is 5.15 Å². The van der Waals surface area contributed by atoms with Crippen LogP contribution in [-0.2, 0) is 7.05 Å². The van der Waals surface area contributed by atoms with E-state index >= 15 is 0 Å². The van der Waals surface area contributed by atoms with Crippen LogP contribution in [-0.4, -0.2) is 50.8 Å². The summed E-state index contributed by atoms with van der Waals surface area (Å²) < 4.78 is 1.83. The lowest BCUT2D eigenvalue weighted by atomic mass is 10.5. The summed E-state index contributed by atoms with van der Waals surface area (Å²) in [7, 11) is 6.02. The van der Waals surface area contributed by atoms with Gasteiger partial charge in [0.1, 0.15) is 5.52 Å². The highest BCUT2D eigenvalue weighted by Gasteiger charge is 2.10. The van der Waals surface area contributed by atoms with Crippen molar-refractivity contribution >= 4 is 34.5 Å². The predicted octanol–water partition coefficient (Wildman–Crippen LogP) is 2.06. The molecule has 0 atom stereocenters. The highest BCUT2D eigenvalue weighted by Crippen LogP contribution is 2.23. The average molecular weight is 286 g/mol. The molecule has 0 aromatic carbocycles. The molecule has 0 amide bonds. The number of halogens is 1. The van der Waals surface area contributed by atoms with Crippen LogP contribution >= 0.6 is 23.4 Å². The molecule has 0 saturated carbocycles. The molecule has 0 aliphatic carbocycles. The molecule has 0 aliphatic rings. The summed E-state index contributed by atoms with van der Waals surface area (Å²) in [6.45, 7) is 1.06. The Morgan fingerprint density at radius 2 is 2.17 bits per heavy atom. The maximum atomic E-state index is 6.14. The van der Waals surface area contributed by atoms with Gasteiger partial charge >= 0.3 is 0 Å². The molecule has 0 unspecified atom stereocenters. The standard InChI is InChI=1S/C11H16ClN5S/c1-16(2)5-4-6-18-11-14-9(12)8-10(15-11)13-7-17(8)3/h7H,4-6H2,1-3H3. The lowest BCUT2D eigenvalue weighted by Gasteiger charge is -2.08. The van der Waals surface area contributed by atoms with Crippen LogP contribution in [0.15, 0.2) is 11.5 Å². The molecule has 7 heteroatoms. The molecule has 0 fully saturated rings. The SMILES string of the molecule is CN(C)CCCSc1nc(Cl)c2c(ncn2C)n1. The van der Waals surface area contributed by atoms with Crippen LogP contribution in [0, 0.1) is 0 Å². The maximum absolute atomic E-state index is 6.14. The number of aromatic nitrogens is 4. The van der Waals surface area contributed by atoms with Crippen molar-refractivity contribution in [3.05, 3.63) is 11.5 Å². The Kier molecular flexibility index (Phi) is 4.42. The quantitative estimate of drug-likeness (QED) is 0.364. The van der Waals surface area contributed by atoms with Gasteiger partial charge in [0.25, 0.3) is 0 Å². The van der Waals surface area contributed by atoms with Crippen molar-refractivity contribution < 1.29 is 0 Å². The second-order valence-corrected chi connectivity index (χ2v) is 5.75. The van der Waals surface area contributed by atoms with Gasteiger partial charge in [-0.05, 0) is 27.1 Å². The van der Waals surface area contributed by atoms with Crippen molar-refractivity contribution in [3.8, 4) is 0 Å². The topological polar surface area (TPSA) is 46.8 Å². The number of fused-ring (bicyclic) bond motifs is 1. The average Bonchev–Trinajstić information content (AvgIpc) is 2.67. The Balaban J connectivity index is 2.06. The number of nitrogens with zero attached hydrogens (tertiary/aromatic N) is 5. The summed E-state index contributed by atoms with van der Waals surface area (Å²) in [5.41, 5.74) is 1.45. The van der Waals surface area contributed by atoms with Gasteiger partial charge in [-0.3, -0.25) is 0 Å². The monoisotopic (exact) mass is 285 g/mol. The van der Waals surface area contributed by atoms with Gasteiger partial charge in [-0.15, -0.1) is 0 Å². The van der Waals surface area contributed by atoms with Gasteiger partial charge in [-0.1, -0.05) is 23.4 Å².